The van der Waals surface area contributed by atoms with Gasteiger partial charge in [-0.3, -0.25) is 4.79 Å². The van der Waals surface area contributed by atoms with Gasteiger partial charge in [0.15, 0.2) is 11.5 Å². The summed E-state index contributed by atoms with van der Waals surface area (Å²) >= 11 is 0. The molecule has 0 aromatic heterocycles. The lowest BCUT2D eigenvalue weighted by Gasteiger charge is -2.39. The molecule has 1 fully saturated rings. The maximum atomic E-state index is 10.8. The molecule has 1 unspecified atom stereocenters. The van der Waals surface area contributed by atoms with Crippen molar-refractivity contribution in [2.75, 3.05) is 13.2 Å². The molecular weight excluding hydrogens is 308 g/mol. The molecule has 5 atom stereocenters. The third-order valence-electron chi connectivity index (χ3n) is 3.50. The summed E-state index contributed by atoms with van der Waals surface area (Å²) in [6, 6.07) is 4.43. The van der Waals surface area contributed by atoms with Crippen molar-refractivity contribution in [2.24, 2.45) is 0 Å². The Bertz CT molecular complexity index is 532. The average Bonchev–Trinajstić information content (AvgIpc) is 2.56. The summed E-state index contributed by atoms with van der Waals surface area (Å²) in [7, 11) is 0. The summed E-state index contributed by atoms with van der Waals surface area (Å²) in [6.07, 6.45) is -6.24. The molecular formula is C15H20O8. The first-order valence-corrected chi connectivity index (χ1v) is 7.21. The smallest absolute Gasteiger partial charge is 0.229 e. The number of hydrogen-bond acceptors (Lipinski definition) is 8. The van der Waals surface area contributed by atoms with Crippen molar-refractivity contribution in [2.45, 2.75) is 37.6 Å². The van der Waals surface area contributed by atoms with Gasteiger partial charge < -0.3 is 34.6 Å². The molecule has 1 aliphatic rings. The minimum Gasteiger partial charge on any atom is -0.490 e. The van der Waals surface area contributed by atoms with Crippen LogP contribution in [0.25, 0.3) is 0 Å². The number of carbonyl (C=O) groups is 1. The fourth-order valence-corrected chi connectivity index (χ4v) is 2.25. The maximum absolute atomic E-state index is 10.8. The van der Waals surface area contributed by atoms with Crippen LogP contribution < -0.4 is 9.47 Å². The van der Waals surface area contributed by atoms with Gasteiger partial charge in [0.1, 0.15) is 30.7 Å². The molecule has 4 N–H and O–H groups in total. The van der Waals surface area contributed by atoms with E-state index in [1.54, 1.807) is 6.92 Å². The highest BCUT2D eigenvalue weighted by molar-refractivity contribution is 5.76. The molecule has 1 saturated heterocycles. The predicted molar refractivity (Wildman–Crippen MR) is 77.4 cm³/mol. The molecule has 2 rings (SSSR count). The fourth-order valence-electron chi connectivity index (χ4n) is 2.25. The summed E-state index contributed by atoms with van der Waals surface area (Å²) in [6.45, 7) is 1.53. The van der Waals surface area contributed by atoms with Gasteiger partial charge in [0.2, 0.25) is 6.29 Å². The van der Waals surface area contributed by atoms with Crippen LogP contribution in [0.15, 0.2) is 18.2 Å². The van der Waals surface area contributed by atoms with E-state index in [1.165, 1.54) is 18.2 Å². The van der Waals surface area contributed by atoms with Crippen molar-refractivity contribution in [3.05, 3.63) is 23.8 Å². The zero-order valence-corrected chi connectivity index (χ0v) is 12.5. The Morgan fingerprint density at radius 3 is 2.52 bits per heavy atom. The van der Waals surface area contributed by atoms with E-state index in [4.69, 9.17) is 19.3 Å². The number of benzene rings is 1. The van der Waals surface area contributed by atoms with Crippen molar-refractivity contribution in [3.63, 3.8) is 0 Å². The molecule has 0 radical (unpaired) electrons. The molecule has 0 amide bonds. The molecule has 1 aliphatic heterocycles. The highest BCUT2D eigenvalue weighted by Crippen LogP contribution is 2.31. The molecule has 0 aliphatic carbocycles. The van der Waals surface area contributed by atoms with Crippen molar-refractivity contribution < 1.29 is 39.4 Å². The summed E-state index contributed by atoms with van der Waals surface area (Å²) in [5, 5.41) is 38.6. The van der Waals surface area contributed by atoms with Crippen LogP contribution in [0, 0.1) is 0 Å². The lowest BCUT2D eigenvalue weighted by atomic mass is 9.99. The Balaban J connectivity index is 2.21. The van der Waals surface area contributed by atoms with Gasteiger partial charge in [0.05, 0.1) is 13.2 Å². The third-order valence-corrected chi connectivity index (χ3v) is 3.50. The van der Waals surface area contributed by atoms with E-state index >= 15 is 0 Å². The van der Waals surface area contributed by atoms with E-state index in [2.05, 4.69) is 0 Å². The highest BCUT2D eigenvalue weighted by atomic mass is 16.7. The van der Waals surface area contributed by atoms with Crippen LogP contribution in [0.3, 0.4) is 0 Å². The summed E-state index contributed by atoms with van der Waals surface area (Å²) in [5.41, 5.74) is 0.384. The first-order valence-electron chi connectivity index (χ1n) is 7.21. The molecule has 0 bridgehead atoms. The van der Waals surface area contributed by atoms with Gasteiger partial charge in [0.25, 0.3) is 0 Å². The standard InChI is InChI=1S/C15H20O8/c1-2-21-10-5-8(6-16)3-4-9(10)22-15-14(20)13(19)12(18)11(7-17)23-15/h3-6,11-15,17-20H,2,7H2,1H3/t11-,12-,13+,14-,15?/m1/s1. The van der Waals surface area contributed by atoms with Gasteiger partial charge >= 0.3 is 0 Å². The monoisotopic (exact) mass is 328 g/mol. The van der Waals surface area contributed by atoms with Crippen molar-refractivity contribution in [1.82, 2.24) is 0 Å². The van der Waals surface area contributed by atoms with Crippen LogP contribution in [-0.2, 0) is 4.74 Å². The van der Waals surface area contributed by atoms with E-state index in [1.807, 2.05) is 0 Å². The molecule has 128 valence electrons. The predicted octanol–water partition coefficient (Wildman–Crippen LogP) is -0.924. The number of aldehydes is 1. The molecule has 1 heterocycles. The first kappa shape index (κ1) is 17.6. The van der Waals surface area contributed by atoms with E-state index in [0.717, 1.165) is 0 Å². The lowest BCUT2D eigenvalue weighted by molar-refractivity contribution is -0.277. The Labute approximate surface area is 132 Å². The van der Waals surface area contributed by atoms with Crippen molar-refractivity contribution in [1.29, 1.82) is 0 Å². The van der Waals surface area contributed by atoms with E-state index < -0.39 is 37.3 Å². The molecule has 23 heavy (non-hydrogen) atoms. The Hall–Kier alpha value is -1.71. The quantitative estimate of drug-likeness (QED) is 0.494. The topological polar surface area (TPSA) is 126 Å². The number of carbonyl (C=O) groups excluding carboxylic acids is 1. The van der Waals surface area contributed by atoms with E-state index in [0.29, 0.717) is 18.5 Å². The summed E-state index contributed by atoms with van der Waals surface area (Å²) in [4.78, 5) is 10.8. The van der Waals surface area contributed by atoms with Gasteiger partial charge in [0, 0.05) is 5.56 Å². The van der Waals surface area contributed by atoms with Crippen LogP contribution in [0.4, 0.5) is 0 Å². The molecule has 8 heteroatoms. The van der Waals surface area contributed by atoms with Gasteiger partial charge in [-0.2, -0.15) is 0 Å². The van der Waals surface area contributed by atoms with Crippen LogP contribution in [0.1, 0.15) is 17.3 Å². The Morgan fingerprint density at radius 1 is 1.17 bits per heavy atom. The molecule has 1 aromatic carbocycles. The van der Waals surface area contributed by atoms with Crippen molar-refractivity contribution in [3.8, 4) is 11.5 Å². The fraction of sp³-hybridized carbons (Fsp3) is 0.533. The lowest BCUT2D eigenvalue weighted by Crippen LogP contribution is -2.60. The minimum atomic E-state index is -1.53. The first-order chi connectivity index (χ1) is 11.0. The summed E-state index contributed by atoms with van der Waals surface area (Å²) < 4.78 is 16.1. The second kappa shape index (κ2) is 7.71. The Morgan fingerprint density at radius 2 is 1.91 bits per heavy atom. The molecule has 1 aromatic rings. The average molecular weight is 328 g/mol. The largest absolute Gasteiger partial charge is 0.490 e. The van der Waals surface area contributed by atoms with Crippen LogP contribution in [-0.4, -0.2) is 70.6 Å². The third kappa shape index (κ3) is 3.80. The highest BCUT2D eigenvalue weighted by Gasteiger charge is 2.44. The van der Waals surface area contributed by atoms with Crippen LogP contribution >= 0.6 is 0 Å². The number of aliphatic hydroxyl groups excluding tert-OH is 4. The number of rotatable bonds is 6. The van der Waals surface area contributed by atoms with Crippen LogP contribution in [0.5, 0.6) is 11.5 Å². The maximum Gasteiger partial charge on any atom is 0.229 e. The normalized spacial score (nSPS) is 30.7. The minimum absolute atomic E-state index is 0.196. The molecule has 0 spiro atoms. The second-order valence-electron chi connectivity index (χ2n) is 5.07. The molecule has 8 nitrogen and oxygen atoms in total. The van der Waals surface area contributed by atoms with E-state index in [-0.39, 0.29) is 11.5 Å². The van der Waals surface area contributed by atoms with Crippen molar-refractivity contribution >= 4 is 6.29 Å². The van der Waals surface area contributed by atoms with Gasteiger partial charge in [-0.15, -0.1) is 0 Å². The second-order valence-corrected chi connectivity index (χ2v) is 5.07. The zero-order chi connectivity index (χ0) is 17.0. The van der Waals surface area contributed by atoms with Gasteiger partial charge in [-0.25, -0.2) is 0 Å². The zero-order valence-electron chi connectivity index (χ0n) is 12.5. The SMILES string of the molecule is CCOc1cc(C=O)ccc1OC1O[C@H](CO)[C@@H](O)[C@H](O)[C@H]1O. The number of hydrogen-bond donors (Lipinski definition) is 4. The van der Waals surface area contributed by atoms with Gasteiger partial charge in [-0.05, 0) is 25.1 Å². The Kier molecular flexibility index (Phi) is 5.91. The number of aliphatic hydroxyl groups is 4. The van der Waals surface area contributed by atoms with Gasteiger partial charge in [-0.1, -0.05) is 0 Å². The van der Waals surface area contributed by atoms with E-state index in [9.17, 15) is 20.1 Å². The number of ether oxygens (including phenoxy) is 3. The summed E-state index contributed by atoms with van der Waals surface area (Å²) in [5.74, 6) is 0.468. The van der Waals surface area contributed by atoms with Crippen LogP contribution in [0.2, 0.25) is 0 Å². The molecule has 0 saturated carbocycles.